The third kappa shape index (κ3) is 5.38. The molecule has 1 fully saturated rings. The van der Waals surface area contributed by atoms with E-state index < -0.39 is 0 Å². The van der Waals surface area contributed by atoms with Gasteiger partial charge in [0.2, 0.25) is 5.91 Å². The fourth-order valence-electron chi connectivity index (χ4n) is 1.95. The molecule has 1 amide bonds. The van der Waals surface area contributed by atoms with Crippen LogP contribution in [0, 0.1) is 5.92 Å². The summed E-state index contributed by atoms with van der Waals surface area (Å²) in [5, 5.41) is 2.86. The van der Waals surface area contributed by atoms with Crippen molar-refractivity contribution in [3.8, 4) is 0 Å². The Hall–Kier alpha value is -1.26. The van der Waals surface area contributed by atoms with Crippen LogP contribution in [-0.4, -0.2) is 41.9 Å². The van der Waals surface area contributed by atoms with Crippen LogP contribution in [0.4, 0.5) is 0 Å². The van der Waals surface area contributed by atoms with Crippen LogP contribution >= 0.6 is 0 Å². The van der Waals surface area contributed by atoms with Gasteiger partial charge in [-0.2, -0.15) is 0 Å². The van der Waals surface area contributed by atoms with Crippen molar-refractivity contribution in [2.24, 2.45) is 16.6 Å². The van der Waals surface area contributed by atoms with Gasteiger partial charge in [-0.15, -0.1) is 0 Å². The van der Waals surface area contributed by atoms with Gasteiger partial charge in [0.25, 0.3) is 0 Å². The smallest absolute Gasteiger partial charge is 0.242 e. The highest BCUT2D eigenvalue weighted by Crippen LogP contribution is 2.15. The van der Waals surface area contributed by atoms with Gasteiger partial charge in [-0.3, -0.25) is 4.79 Å². The van der Waals surface area contributed by atoms with Gasteiger partial charge in [-0.1, -0.05) is 6.92 Å². The predicted molar refractivity (Wildman–Crippen MR) is 74.4 cm³/mol. The van der Waals surface area contributed by atoms with E-state index in [0.717, 1.165) is 31.8 Å². The molecular formula is C13H26N4O. The lowest BCUT2D eigenvalue weighted by molar-refractivity contribution is -0.121. The summed E-state index contributed by atoms with van der Waals surface area (Å²) >= 11 is 0. The van der Waals surface area contributed by atoms with E-state index in [9.17, 15) is 4.79 Å². The molecule has 1 rings (SSSR count). The third-order valence-corrected chi connectivity index (χ3v) is 3.01. The molecule has 0 unspecified atom stereocenters. The molecule has 104 valence electrons. The largest absolute Gasteiger partial charge is 0.370 e. The molecule has 0 atom stereocenters. The van der Waals surface area contributed by atoms with E-state index >= 15 is 0 Å². The molecule has 5 nitrogen and oxygen atoms in total. The van der Waals surface area contributed by atoms with E-state index in [1.807, 2.05) is 20.8 Å². The Bertz CT molecular complexity index is 311. The molecule has 5 heteroatoms. The van der Waals surface area contributed by atoms with Crippen molar-refractivity contribution in [3.63, 3.8) is 0 Å². The normalized spacial score (nSPS) is 18.9. The zero-order chi connectivity index (χ0) is 13.8. The van der Waals surface area contributed by atoms with Crippen molar-refractivity contribution in [2.75, 3.05) is 19.6 Å². The molecule has 1 aliphatic rings. The van der Waals surface area contributed by atoms with Gasteiger partial charge in [-0.05, 0) is 39.5 Å². The first-order valence-corrected chi connectivity index (χ1v) is 6.64. The molecule has 3 N–H and O–H groups in total. The SMILES string of the molecule is CC1CCN(C(N)=NCC(=O)NC(C)(C)C)CC1. The first-order valence-electron chi connectivity index (χ1n) is 6.64. The monoisotopic (exact) mass is 254 g/mol. The second-order valence-corrected chi connectivity index (χ2v) is 6.14. The Morgan fingerprint density at radius 1 is 1.39 bits per heavy atom. The molecule has 1 aliphatic heterocycles. The number of hydrogen-bond acceptors (Lipinski definition) is 2. The summed E-state index contributed by atoms with van der Waals surface area (Å²) in [6, 6.07) is 0. The van der Waals surface area contributed by atoms with Crippen molar-refractivity contribution in [3.05, 3.63) is 0 Å². The lowest BCUT2D eigenvalue weighted by Crippen LogP contribution is -2.44. The van der Waals surface area contributed by atoms with Crippen LogP contribution in [0.3, 0.4) is 0 Å². The second kappa shape index (κ2) is 6.07. The standard InChI is InChI=1S/C13H26N4O/c1-10-5-7-17(8-6-10)12(14)15-9-11(18)16-13(2,3)4/h10H,5-9H2,1-4H3,(H2,14,15)(H,16,18). The molecule has 0 bridgehead atoms. The van der Waals surface area contributed by atoms with Crippen molar-refractivity contribution in [1.82, 2.24) is 10.2 Å². The predicted octanol–water partition coefficient (Wildman–Crippen LogP) is 0.948. The molecule has 0 aromatic heterocycles. The van der Waals surface area contributed by atoms with Crippen LogP contribution in [0.15, 0.2) is 4.99 Å². The topological polar surface area (TPSA) is 70.7 Å². The minimum Gasteiger partial charge on any atom is -0.370 e. The van der Waals surface area contributed by atoms with Crippen LogP contribution in [0.2, 0.25) is 0 Å². The van der Waals surface area contributed by atoms with Gasteiger partial charge in [0.05, 0.1) is 0 Å². The lowest BCUT2D eigenvalue weighted by atomic mass is 10.00. The van der Waals surface area contributed by atoms with Crippen LogP contribution in [-0.2, 0) is 4.79 Å². The van der Waals surface area contributed by atoms with Crippen molar-refractivity contribution in [1.29, 1.82) is 0 Å². The van der Waals surface area contributed by atoms with Gasteiger partial charge < -0.3 is 16.0 Å². The highest BCUT2D eigenvalue weighted by Gasteiger charge is 2.18. The average molecular weight is 254 g/mol. The summed E-state index contributed by atoms with van der Waals surface area (Å²) in [4.78, 5) is 17.8. The summed E-state index contributed by atoms with van der Waals surface area (Å²) in [6.45, 7) is 10.1. The maximum Gasteiger partial charge on any atom is 0.242 e. The molecule has 0 aromatic rings. The Balaban J connectivity index is 2.39. The molecule has 0 aliphatic carbocycles. The Kier molecular flexibility index (Phi) is 4.99. The number of aliphatic imine (C=N–C) groups is 1. The van der Waals surface area contributed by atoms with Crippen LogP contribution in [0.1, 0.15) is 40.5 Å². The molecule has 0 saturated carbocycles. The lowest BCUT2D eigenvalue weighted by Gasteiger charge is -2.31. The second-order valence-electron chi connectivity index (χ2n) is 6.14. The summed E-state index contributed by atoms with van der Waals surface area (Å²) in [5.41, 5.74) is 5.68. The van der Waals surface area contributed by atoms with Crippen LogP contribution < -0.4 is 11.1 Å². The number of likely N-dealkylation sites (tertiary alicyclic amines) is 1. The number of guanidine groups is 1. The fourth-order valence-corrected chi connectivity index (χ4v) is 1.95. The summed E-state index contributed by atoms with van der Waals surface area (Å²) in [6.07, 6.45) is 2.29. The Labute approximate surface area is 110 Å². The number of nitrogens with two attached hydrogens (primary N) is 1. The quantitative estimate of drug-likeness (QED) is 0.569. The van der Waals surface area contributed by atoms with E-state index in [2.05, 4.69) is 22.1 Å². The Morgan fingerprint density at radius 2 is 1.94 bits per heavy atom. The molecular weight excluding hydrogens is 228 g/mol. The number of nitrogens with zero attached hydrogens (tertiary/aromatic N) is 2. The molecule has 0 spiro atoms. The first-order chi connectivity index (χ1) is 8.28. The first kappa shape index (κ1) is 14.8. The zero-order valence-electron chi connectivity index (χ0n) is 12.0. The number of amides is 1. The van der Waals surface area contributed by atoms with Crippen LogP contribution in [0.5, 0.6) is 0 Å². The number of piperidine rings is 1. The maximum absolute atomic E-state index is 11.6. The van der Waals surface area contributed by atoms with Crippen molar-refractivity contribution >= 4 is 11.9 Å². The van der Waals surface area contributed by atoms with E-state index in [1.165, 1.54) is 0 Å². The maximum atomic E-state index is 11.6. The molecule has 1 heterocycles. The molecule has 18 heavy (non-hydrogen) atoms. The number of carbonyl (C=O) groups excluding carboxylic acids is 1. The highest BCUT2D eigenvalue weighted by atomic mass is 16.2. The Morgan fingerprint density at radius 3 is 2.44 bits per heavy atom. The highest BCUT2D eigenvalue weighted by molar-refractivity contribution is 5.84. The van der Waals surface area contributed by atoms with Gasteiger partial charge in [0.15, 0.2) is 5.96 Å². The van der Waals surface area contributed by atoms with Crippen molar-refractivity contribution < 1.29 is 4.79 Å². The minimum absolute atomic E-state index is 0.0872. The number of nitrogens with one attached hydrogen (secondary N) is 1. The van der Waals surface area contributed by atoms with E-state index in [4.69, 9.17) is 5.73 Å². The van der Waals surface area contributed by atoms with Gasteiger partial charge in [0, 0.05) is 18.6 Å². The number of carbonyl (C=O) groups is 1. The third-order valence-electron chi connectivity index (χ3n) is 3.01. The summed E-state index contributed by atoms with van der Waals surface area (Å²) < 4.78 is 0. The zero-order valence-corrected chi connectivity index (χ0v) is 12.0. The van der Waals surface area contributed by atoms with E-state index in [0.29, 0.717) is 5.96 Å². The van der Waals surface area contributed by atoms with E-state index in [1.54, 1.807) is 0 Å². The average Bonchev–Trinajstić information content (AvgIpc) is 2.24. The summed E-state index contributed by atoms with van der Waals surface area (Å²) in [7, 11) is 0. The molecule has 1 saturated heterocycles. The van der Waals surface area contributed by atoms with Crippen LogP contribution in [0.25, 0.3) is 0 Å². The summed E-state index contributed by atoms with van der Waals surface area (Å²) in [5.74, 6) is 1.17. The molecule has 0 radical (unpaired) electrons. The van der Waals surface area contributed by atoms with Gasteiger partial charge in [-0.25, -0.2) is 4.99 Å². The number of rotatable bonds is 2. The van der Waals surface area contributed by atoms with Gasteiger partial charge >= 0.3 is 0 Å². The van der Waals surface area contributed by atoms with Crippen molar-refractivity contribution in [2.45, 2.75) is 46.1 Å². The minimum atomic E-state index is -0.220. The van der Waals surface area contributed by atoms with Gasteiger partial charge in [0.1, 0.15) is 6.54 Å². The fraction of sp³-hybridized carbons (Fsp3) is 0.846. The number of hydrogen-bond donors (Lipinski definition) is 2. The van der Waals surface area contributed by atoms with E-state index in [-0.39, 0.29) is 18.0 Å². The molecule has 0 aromatic carbocycles.